The number of aryl methyl sites for hydroxylation is 1. The van der Waals surface area contributed by atoms with Crippen LogP contribution in [-0.4, -0.2) is 35.8 Å². The number of anilines is 2. The Labute approximate surface area is 161 Å². The van der Waals surface area contributed by atoms with Crippen LogP contribution in [0.3, 0.4) is 0 Å². The van der Waals surface area contributed by atoms with E-state index in [9.17, 15) is 4.39 Å². The first kappa shape index (κ1) is 17.9. The third kappa shape index (κ3) is 3.51. The quantitative estimate of drug-likeness (QED) is 0.511. The predicted octanol–water partition coefficient (Wildman–Crippen LogP) is 2.80. The lowest BCUT2D eigenvalue weighted by Crippen LogP contribution is -2.11. The Kier molecular flexibility index (Phi) is 4.88. The summed E-state index contributed by atoms with van der Waals surface area (Å²) < 4.78 is 16.7. The Morgan fingerprint density at radius 3 is 2.68 bits per heavy atom. The number of hydrogen-bond acceptors (Lipinski definition) is 6. The van der Waals surface area contributed by atoms with E-state index >= 15 is 0 Å². The fraction of sp³-hybridized carbons (Fsp3) is 0.263. The molecule has 0 saturated carbocycles. The van der Waals surface area contributed by atoms with Gasteiger partial charge in [-0.2, -0.15) is 15.1 Å². The standard InChI is InChI=1S/C19H21FN8/c1-2-11-27-17-15(24-19(27)28-12-3-9-23-28)16(21)25-18(26-17)22-10-8-13-4-6-14(20)7-5-13/h3-7,9,12H,2,8,10-11H2,1H3,(H3,21,22,25,26). The highest BCUT2D eigenvalue weighted by atomic mass is 19.1. The first-order chi connectivity index (χ1) is 13.7. The lowest BCUT2D eigenvalue weighted by Gasteiger charge is -2.09. The summed E-state index contributed by atoms with van der Waals surface area (Å²) >= 11 is 0. The average Bonchev–Trinajstić information content (AvgIpc) is 3.33. The van der Waals surface area contributed by atoms with Crippen molar-refractivity contribution in [3.63, 3.8) is 0 Å². The van der Waals surface area contributed by atoms with Crippen LogP contribution in [0.2, 0.25) is 0 Å². The van der Waals surface area contributed by atoms with Gasteiger partial charge in [0, 0.05) is 25.5 Å². The largest absolute Gasteiger partial charge is 0.382 e. The summed E-state index contributed by atoms with van der Waals surface area (Å²) in [5, 5.41) is 7.46. The molecule has 3 N–H and O–H groups in total. The molecule has 0 unspecified atom stereocenters. The monoisotopic (exact) mass is 380 g/mol. The number of fused-ring (bicyclic) bond motifs is 1. The number of halogens is 1. The fourth-order valence-corrected chi connectivity index (χ4v) is 3.05. The topological polar surface area (TPSA) is 99.5 Å². The molecule has 0 bridgehead atoms. The molecular weight excluding hydrogens is 359 g/mol. The Hall–Kier alpha value is -3.49. The number of hydrogen-bond donors (Lipinski definition) is 2. The van der Waals surface area contributed by atoms with Gasteiger partial charge in [0.05, 0.1) is 0 Å². The van der Waals surface area contributed by atoms with Gasteiger partial charge in [0.2, 0.25) is 11.9 Å². The number of nitrogens with two attached hydrogens (primary N) is 1. The zero-order chi connectivity index (χ0) is 19.5. The third-order valence-electron chi connectivity index (χ3n) is 4.37. The lowest BCUT2D eigenvalue weighted by molar-refractivity contribution is 0.627. The summed E-state index contributed by atoms with van der Waals surface area (Å²) in [7, 11) is 0. The van der Waals surface area contributed by atoms with E-state index in [-0.39, 0.29) is 5.82 Å². The van der Waals surface area contributed by atoms with Gasteiger partial charge in [-0.05, 0) is 36.6 Å². The highest BCUT2D eigenvalue weighted by Gasteiger charge is 2.17. The Bertz CT molecular complexity index is 1070. The summed E-state index contributed by atoms with van der Waals surface area (Å²) in [6, 6.07) is 8.28. The van der Waals surface area contributed by atoms with Gasteiger partial charge < -0.3 is 11.1 Å². The van der Waals surface area contributed by atoms with Crippen molar-refractivity contribution in [2.24, 2.45) is 0 Å². The molecule has 0 aliphatic rings. The normalized spacial score (nSPS) is 11.2. The van der Waals surface area contributed by atoms with E-state index in [2.05, 4.69) is 32.3 Å². The van der Waals surface area contributed by atoms with Crippen LogP contribution in [0.25, 0.3) is 17.1 Å². The molecule has 3 aromatic heterocycles. The van der Waals surface area contributed by atoms with Gasteiger partial charge in [-0.25, -0.2) is 14.1 Å². The van der Waals surface area contributed by atoms with Crippen molar-refractivity contribution in [3.05, 3.63) is 54.1 Å². The first-order valence-electron chi connectivity index (χ1n) is 9.17. The van der Waals surface area contributed by atoms with Crippen molar-refractivity contribution < 1.29 is 4.39 Å². The van der Waals surface area contributed by atoms with Gasteiger partial charge in [-0.1, -0.05) is 19.1 Å². The summed E-state index contributed by atoms with van der Waals surface area (Å²) in [5.74, 6) is 1.18. The molecular formula is C19H21FN8. The van der Waals surface area contributed by atoms with E-state index in [0.717, 1.165) is 18.5 Å². The van der Waals surface area contributed by atoms with Crippen LogP contribution >= 0.6 is 0 Å². The van der Waals surface area contributed by atoms with E-state index < -0.39 is 0 Å². The maximum absolute atomic E-state index is 13.0. The molecule has 9 heteroatoms. The van der Waals surface area contributed by atoms with Crippen LogP contribution in [0, 0.1) is 5.82 Å². The molecule has 0 radical (unpaired) electrons. The van der Waals surface area contributed by atoms with Crippen molar-refractivity contribution in [2.45, 2.75) is 26.3 Å². The van der Waals surface area contributed by atoms with Crippen molar-refractivity contribution in [1.82, 2.24) is 29.3 Å². The Balaban J connectivity index is 1.61. The highest BCUT2D eigenvalue weighted by molar-refractivity contribution is 5.84. The number of aromatic nitrogens is 6. The second-order valence-electron chi connectivity index (χ2n) is 6.42. The predicted molar refractivity (Wildman–Crippen MR) is 106 cm³/mol. The van der Waals surface area contributed by atoms with Crippen LogP contribution in [-0.2, 0) is 13.0 Å². The van der Waals surface area contributed by atoms with Crippen LogP contribution in [0.15, 0.2) is 42.7 Å². The molecule has 28 heavy (non-hydrogen) atoms. The van der Waals surface area contributed by atoms with E-state index in [4.69, 9.17) is 5.73 Å². The van der Waals surface area contributed by atoms with Crippen molar-refractivity contribution >= 4 is 22.9 Å². The van der Waals surface area contributed by atoms with Gasteiger partial charge in [0.15, 0.2) is 17.0 Å². The third-order valence-corrected chi connectivity index (χ3v) is 4.37. The van der Waals surface area contributed by atoms with Crippen LogP contribution in [0.1, 0.15) is 18.9 Å². The van der Waals surface area contributed by atoms with E-state index in [0.29, 0.717) is 41.8 Å². The number of nitrogen functional groups attached to an aromatic ring is 1. The molecule has 0 aliphatic heterocycles. The molecule has 1 aromatic carbocycles. The molecule has 0 fully saturated rings. The SMILES string of the molecule is CCCn1c(-n2cccn2)nc2c(N)nc(NCCc3ccc(F)cc3)nc21. The molecule has 0 saturated heterocycles. The van der Waals surface area contributed by atoms with Gasteiger partial charge in [0.25, 0.3) is 0 Å². The zero-order valence-corrected chi connectivity index (χ0v) is 15.5. The second-order valence-corrected chi connectivity index (χ2v) is 6.42. The number of rotatable bonds is 7. The minimum absolute atomic E-state index is 0.240. The molecule has 8 nitrogen and oxygen atoms in total. The number of imidazole rings is 1. The number of benzene rings is 1. The van der Waals surface area contributed by atoms with Gasteiger partial charge >= 0.3 is 0 Å². The van der Waals surface area contributed by atoms with Gasteiger partial charge in [-0.3, -0.25) is 4.57 Å². The van der Waals surface area contributed by atoms with Crippen LogP contribution in [0.5, 0.6) is 0 Å². The van der Waals surface area contributed by atoms with Crippen molar-refractivity contribution in [3.8, 4) is 5.95 Å². The van der Waals surface area contributed by atoms with E-state index in [1.807, 2.05) is 16.8 Å². The molecule has 3 heterocycles. The first-order valence-corrected chi connectivity index (χ1v) is 9.17. The average molecular weight is 380 g/mol. The molecule has 0 atom stereocenters. The van der Waals surface area contributed by atoms with E-state index in [1.165, 1.54) is 12.1 Å². The number of nitrogens with zero attached hydrogens (tertiary/aromatic N) is 6. The summed E-state index contributed by atoms with van der Waals surface area (Å²) in [4.78, 5) is 13.6. The van der Waals surface area contributed by atoms with Crippen LogP contribution < -0.4 is 11.1 Å². The molecule has 0 aliphatic carbocycles. The maximum atomic E-state index is 13.0. The molecule has 144 valence electrons. The van der Waals surface area contributed by atoms with Gasteiger partial charge in [0.1, 0.15) is 5.82 Å². The summed E-state index contributed by atoms with van der Waals surface area (Å²) in [6.07, 6.45) is 5.16. The second kappa shape index (κ2) is 7.63. The highest BCUT2D eigenvalue weighted by Crippen LogP contribution is 2.23. The Morgan fingerprint density at radius 2 is 1.96 bits per heavy atom. The minimum Gasteiger partial charge on any atom is -0.382 e. The lowest BCUT2D eigenvalue weighted by atomic mass is 10.1. The summed E-state index contributed by atoms with van der Waals surface area (Å²) in [5.41, 5.74) is 8.41. The molecule has 0 amide bonds. The smallest absolute Gasteiger partial charge is 0.233 e. The maximum Gasteiger partial charge on any atom is 0.233 e. The zero-order valence-electron chi connectivity index (χ0n) is 15.5. The van der Waals surface area contributed by atoms with E-state index in [1.54, 1.807) is 23.0 Å². The van der Waals surface area contributed by atoms with Crippen molar-refractivity contribution in [1.29, 1.82) is 0 Å². The molecule has 0 spiro atoms. The molecule has 4 rings (SSSR count). The molecule has 4 aromatic rings. The van der Waals surface area contributed by atoms with Crippen LogP contribution in [0.4, 0.5) is 16.2 Å². The fourth-order valence-electron chi connectivity index (χ4n) is 3.05. The summed E-state index contributed by atoms with van der Waals surface area (Å²) in [6.45, 7) is 3.42. The van der Waals surface area contributed by atoms with Gasteiger partial charge in [-0.15, -0.1) is 0 Å². The Morgan fingerprint density at radius 1 is 1.14 bits per heavy atom. The van der Waals surface area contributed by atoms with Crippen molar-refractivity contribution in [2.75, 3.05) is 17.6 Å². The number of nitrogens with one attached hydrogen (secondary N) is 1. The minimum atomic E-state index is -0.240.